The lowest BCUT2D eigenvalue weighted by molar-refractivity contribution is 0.518. The summed E-state index contributed by atoms with van der Waals surface area (Å²) in [6, 6.07) is 15.2. The van der Waals surface area contributed by atoms with E-state index in [1.165, 1.54) is 18.3 Å². The SMILES string of the molecule is O=S(=O)(Nc1ccc(NCc2ccco2)nc1)c1ccccc1. The first-order valence-corrected chi connectivity index (χ1v) is 8.42. The molecule has 118 valence electrons. The largest absolute Gasteiger partial charge is 0.467 e. The summed E-state index contributed by atoms with van der Waals surface area (Å²) in [7, 11) is -3.60. The maximum atomic E-state index is 12.2. The van der Waals surface area contributed by atoms with Gasteiger partial charge in [0.25, 0.3) is 10.0 Å². The number of anilines is 2. The zero-order valence-corrected chi connectivity index (χ0v) is 13.0. The number of benzene rings is 1. The number of nitrogens with zero attached hydrogens (tertiary/aromatic N) is 1. The van der Waals surface area contributed by atoms with Gasteiger partial charge in [0, 0.05) is 0 Å². The number of hydrogen-bond acceptors (Lipinski definition) is 5. The quantitative estimate of drug-likeness (QED) is 0.726. The molecule has 0 aliphatic heterocycles. The van der Waals surface area contributed by atoms with E-state index >= 15 is 0 Å². The number of rotatable bonds is 6. The third-order valence-corrected chi connectivity index (χ3v) is 4.49. The number of nitrogens with one attached hydrogen (secondary N) is 2. The normalized spacial score (nSPS) is 11.1. The zero-order valence-electron chi connectivity index (χ0n) is 12.1. The van der Waals surface area contributed by atoms with E-state index < -0.39 is 10.0 Å². The van der Waals surface area contributed by atoms with Crippen molar-refractivity contribution in [3.8, 4) is 0 Å². The summed E-state index contributed by atoms with van der Waals surface area (Å²) in [5.41, 5.74) is 0.400. The number of pyridine rings is 1. The summed E-state index contributed by atoms with van der Waals surface area (Å²) in [5, 5.41) is 3.09. The highest BCUT2D eigenvalue weighted by Crippen LogP contribution is 2.16. The molecule has 0 spiro atoms. The average Bonchev–Trinajstić information content (AvgIpc) is 3.08. The Kier molecular flexibility index (Phi) is 4.29. The van der Waals surface area contributed by atoms with E-state index in [1.807, 2.05) is 12.1 Å². The second kappa shape index (κ2) is 6.53. The molecule has 1 aromatic carbocycles. The van der Waals surface area contributed by atoms with Crippen molar-refractivity contribution in [2.45, 2.75) is 11.4 Å². The maximum Gasteiger partial charge on any atom is 0.261 e. The maximum absolute atomic E-state index is 12.2. The van der Waals surface area contributed by atoms with Gasteiger partial charge in [-0.05, 0) is 36.4 Å². The van der Waals surface area contributed by atoms with Gasteiger partial charge >= 0.3 is 0 Å². The van der Waals surface area contributed by atoms with E-state index in [0.717, 1.165) is 5.76 Å². The Balaban J connectivity index is 1.65. The van der Waals surface area contributed by atoms with Gasteiger partial charge in [-0.3, -0.25) is 4.72 Å². The lowest BCUT2D eigenvalue weighted by atomic mass is 10.4. The topological polar surface area (TPSA) is 84.2 Å². The fraction of sp³-hybridized carbons (Fsp3) is 0.0625. The minimum atomic E-state index is -3.60. The Labute approximate surface area is 134 Å². The van der Waals surface area contributed by atoms with E-state index in [-0.39, 0.29) is 4.90 Å². The van der Waals surface area contributed by atoms with Crippen molar-refractivity contribution in [1.82, 2.24) is 4.98 Å². The van der Waals surface area contributed by atoms with Crippen LogP contribution in [0.4, 0.5) is 11.5 Å². The van der Waals surface area contributed by atoms with Crippen LogP contribution in [0.1, 0.15) is 5.76 Å². The van der Waals surface area contributed by atoms with Crippen molar-refractivity contribution in [3.05, 3.63) is 72.8 Å². The molecule has 0 saturated carbocycles. The van der Waals surface area contributed by atoms with Gasteiger partial charge in [-0.25, -0.2) is 13.4 Å². The molecule has 2 heterocycles. The van der Waals surface area contributed by atoms with Gasteiger partial charge in [0.2, 0.25) is 0 Å². The zero-order chi connectivity index (χ0) is 16.1. The molecule has 0 aliphatic rings. The van der Waals surface area contributed by atoms with Gasteiger partial charge in [-0.15, -0.1) is 0 Å². The first-order valence-electron chi connectivity index (χ1n) is 6.94. The van der Waals surface area contributed by atoms with Crippen LogP contribution in [0.15, 0.2) is 76.4 Å². The van der Waals surface area contributed by atoms with Crippen LogP contribution >= 0.6 is 0 Å². The highest BCUT2D eigenvalue weighted by molar-refractivity contribution is 7.92. The molecule has 2 N–H and O–H groups in total. The van der Waals surface area contributed by atoms with E-state index in [2.05, 4.69) is 15.0 Å². The Bertz CT molecular complexity index is 845. The standard InChI is InChI=1S/C16H15N3O3S/c20-23(21,15-6-2-1-3-7-15)19-13-8-9-16(17-11-13)18-12-14-5-4-10-22-14/h1-11,19H,12H2,(H,17,18). The number of sulfonamides is 1. The lowest BCUT2D eigenvalue weighted by Gasteiger charge is -2.09. The fourth-order valence-electron chi connectivity index (χ4n) is 1.96. The summed E-state index contributed by atoms with van der Waals surface area (Å²) in [6.07, 6.45) is 3.07. The van der Waals surface area contributed by atoms with Crippen LogP contribution in [0.5, 0.6) is 0 Å². The highest BCUT2D eigenvalue weighted by atomic mass is 32.2. The summed E-state index contributed by atoms with van der Waals surface area (Å²) < 4.78 is 32.1. The van der Waals surface area contributed by atoms with Crippen molar-refractivity contribution < 1.29 is 12.8 Å². The van der Waals surface area contributed by atoms with E-state index in [0.29, 0.717) is 18.1 Å². The Hall–Kier alpha value is -2.80. The van der Waals surface area contributed by atoms with Gasteiger partial charge in [-0.2, -0.15) is 0 Å². The molecule has 0 bridgehead atoms. The molecular weight excluding hydrogens is 314 g/mol. The molecule has 0 saturated heterocycles. The van der Waals surface area contributed by atoms with Crippen molar-refractivity contribution >= 4 is 21.5 Å². The summed E-state index contributed by atoms with van der Waals surface area (Å²) >= 11 is 0. The van der Waals surface area contributed by atoms with Gasteiger partial charge in [0.15, 0.2) is 0 Å². The first-order chi connectivity index (χ1) is 11.1. The third kappa shape index (κ3) is 3.89. The van der Waals surface area contributed by atoms with Crippen LogP contribution < -0.4 is 10.0 Å². The van der Waals surface area contributed by atoms with Gasteiger partial charge in [0.1, 0.15) is 11.6 Å². The molecule has 3 aromatic rings. The molecule has 0 unspecified atom stereocenters. The molecule has 0 atom stereocenters. The number of furan rings is 1. The molecule has 7 heteroatoms. The molecule has 6 nitrogen and oxygen atoms in total. The van der Waals surface area contributed by atoms with Crippen LogP contribution in [0, 0.1) is 0 Å². The van der Waals surface area contributed by atoms with Crippen LogP contribution in [-0.4, -0.2) is 13.4 Å². The van der Waals surface area contributed by atoms with Crippen LogP contribution in [0.2, 0.25) is 0 Å². The van der Waals surface area contributed by atoms with Crippen LogP contribution in [0.25, 0.3) is 0 Å². The third-order valence-electron chi connectivity index (χ3n) is 3.09. The van der Waals surface area contributed by atoms with Gasteiger partial charge in [-0.1, -0.05) is 18.2 Å². The molecule has 0 fully saturated rings. The fourth-order valence-corrected chi connectivity index (χ4v) is 3.03. The molecule has 23 heavy (non-hydrogen) atoms. The highest BCUT2D eigenvalue weighted by Gasteiger charge is 2.13. The second-order valence-electron chi connectivity index (χ2n) is 4.78. The monoisotopic (exact) mass is 329 g/mol. The molecule has 0 aliphatic carbocycles. The Morgan fingerprint density at radius 3 is 2.48 bits per heavy atom. The van der Waals surface area contributed by atoms with Crippen LogP contribution in [0.3, 0.4) is 0 Å². The summed E-state index contributed by atoms with van der Waals surface area (Å²) in [6.45, 7) is 0.509. The van der Waals surface area contributed by atoms with E-state index in [4.69, 9.17) is 4.42 Å². The Morgan fingerprint density at radius 2 is 1.83 bits per heavy atom. The molecule has 2 aromatic heterocycles. The van der Waals surface area contributed by atoms with Crippen molar-refractivity contribution in [2.24, 2.45) is 0 Å². The molecule has 3 rings (SSSR count). The Morgan fingerprint density at radius 1 is 1.00 bits per heavy atom. The molecule has 0 radical (unpaired) electrons. The average molecular weight is 329 g/mol. The second-order valence-corrected chi connectivity index (χ2v) is 6.47. The first kappa shape index (κ1) is 15.1. The lowest BCUT2D eigenvalue weighted by Crippen LogP contribution is -2.13. The minimum absolute atomic E-state index is 0.208. The van der Waals surface area contributed by atoms with Gasteiger partial charge < -0.3 is 9.73 Å². The van der Waals surface area contributed by atoms with E-state index in [1.54, 1.807) is 36.6 Å². The van der Waals surface area contributed by atoms with Gasteiger partial charge in [0.05, 0.1) is 29.6 Å². The van der Waals surface area contributed by atoms with Crippen molar-refractivity contribution in [3.63, 3.8) is 0 Å². The number of hydrogen-bond donors (Lipinski definition) is 2. The molecular formula is C16H15N3O3S. The smallest absolute Gasteiger partial charge is 0.261 e. The summed E-state index contributed by atoms with van der Waals surface area (Å²) in [5.74, 6) is 1.42. The van der Waals surface area contributed by atoms with Crippen molar-refractivity contribution in [2.75, 3.05) is 10.0 Å². The van der Waals surface area contributed by atoms with E-state index in [9.17, 15) is 8.42 Å². The predicted molar refractivity (Wildman–Crippen MR) is 87.5 cm³/mol. The van der Waals surface area contributed by atoms with Crippen LogP contribution in [-0.2, 0) is 16.6 Å². The summed E-state index contributed by atoms with van der Waals surface area (Å²) in [4.78, 5) is 4.38. The predicted octanol–water partition coefficient (Wildman–Crippen LogP) is 3.09. The number of aromatic nitrogens is 1. The minimum Gasteiger partial charge on any atom is -0.467 e. The van der Waals surface area contributed by atoms with Crippen molar-refractivity contribution in [1.29, 1.82) is 0 Å². The molecule has 0 amide bonds.